The highest BCUT2D eigenvalue weighted by atomic mass is 16.3. The minimum atomic E-state index is -1.02. The van der Waals surface area contributed by atoms with Gasteiger partial charge in [-0.15, -0.1) is 0 Å². The predicted octanol–water partition coefficient (Wildman–Crippen LogP) is 3.76. The Bertz CT molecular complexity index is 1350. The van der Waals surface area contributed by atoms with E-state index in [4.69, 9.17) is 0 Å². The van der Waals surface area contributed by atoms with Crippen LogP contribution in [-0.4, -0.2) is 58.3 Å². The zero-order valence-electron chi connectivity index (χ0n) is 20.9. The average Bonchev–Trinajstić information content (AvgIpc) is 3.56. The van der Waals surface area contributed by atoms with Crippen molar-refractivity contribution in [2.75, 3.05) is 6.54 Å². The molecule has 1 aromatic carbocycles. The second-order valence-electron chi connectivity index (χ2n) is 9.91. The van der Waals surface area contributed by atoms with E-state index in [0.717, 1.165) is 36.1 Å². The average molecular weight is 486 g/mol. The summed E-state index contributed by atoms with van der Waals surface area (Å²) >= 11 is 0. The van der Waals surface area contributed by atoms with E-state index in [1.807, 2.05) is 59.1 Å². The molecule has 0 saturated carbocycles. The first-order valence-electron chi connectivity index (χ1n) is 12.3. The third-order valence-electron chi connectivity index (χ3n) is 6.61. The molecule has 9 heteroatoms. The van der Waals surface area contributed by atoms with E-state index in [0.29, 0.717) is 30.0 Å². The number of carbonyl (C=O) groups is 1. The van der Waals surface area contributed by atoms with E-state index in [1.165, 1.54) is 4.80 Å². The molecule has 1 fully saturated rings. The zero-order valence-corrected chi connectivity index (χ0v) is 20.9. The molecule has 1 amide bonds. The van der Waals surface area contributed by atoms with E-state index >= 15 is 0 Å². The number of aliphatic hydroxyl groups is 1. The van der Waals surface area contributed by atoms with Gasteiger partial charge in [0, 0.05) is 18.3 Å². The molecular weight excluding hydrogens is 454 g/mol. The number of benzene rings is 1. The number of hydrogen-bond acceptors (Lipinski definition) is 6. The minimum absolute atomic E-state index is 0.0115. The minimum Gasteiger partial charge on any atom is -0.384 e. The van der Waals surface area contributed by atoms with Crippen LogP contribution in [0.3, 0.4) is 0 Å². The molecule has 9 nitrogen and oxygen atoms in total. The van der Waals surface area contributed by atoms with Gasteiger partial charge >= 0.3 is 0 Å². The maximum Gasteiger partial charge on any atom is 0.256 e. The summed E-state index contributed by atoms with van der Waals surface area (Å²) in [4.78, 5) is 21.9. The lowest BCUT2D eigenvalue weighted by Gasteiger charge is -2.36. The molecule has 0 spiro atoms. The fourth-order valence-electron chi connectivity index (χ4n) is 4.70. The van der Waals surface area contributed by atoms with Crippen LogP contribution >= 0.6 is 0 Å². The van der Waals surface area contributed by atoms with Crippen LogP contribution in [0.1, 0.15) is 54.7 Å². The molecule has 1 atom stereocenters. The quantitative estimate of drug-likeness (QED) is 0.446. The summed E-state index contributed by atoms with van der Waals surface area (Å²) in [6.45, 7) is 6.72. The van der Waals surface area contributed by atoms with Crippen LogP contribution in [-0.2, 0) is 12.1 Å². The lowest BCUT2D eigenvalue weighted by molar-refractivity contribution is 0.0583. The Balaban J connectivity index is 1.39. The second kappa shape index (κ2) is 9.66. The summed E-state index contributed by atoms with van der Waals surface area (Å²) in [5.41, 5.74) is 3.52. The normalized spacial score (nSPS) is 16.3. The number of hydrogen-bond donors (Lipinski definition) is 1. The van der Waals surface area contributed by atoms with Crippen molar-refractivity contribution < 1.29 is 9.90 Å². The Labute approximate surface area is 210 Å². The van der Waals surface area contributed by atoms with Gasteiger partial charge in [0.25, 0.3) is 5.91 Å². The molecule has 36 heavy (non-hydrogen) atoms. The van der Waals surface area contributed by atoms with E-state index in [-0.39, 0.29) is 11.9 Å². The second-order valence-corrected chi connectivity index (χ2v) is 9.91. The Morgan fingerprint density at radius 1 is 1.11 bits per heavy atom. The summed E-state index contributed by atoms with van der Waals surface area (Å²) in [6.07, 6.45) is 9.92. The van der Waals surface area contributed by atoms with Crippen LogP contribution in [0.5, 0.6) is 0 Å². The van der Waals surface area contributed by atoms with Gasteiger partial charge in [0.2, 0.25) is 0 Å². The molecule has 0 bridgehead atoms. The molecule has 1 aliphatic heterocycles. The number of aromatic nitrogens is 6. The number of pyridine rings is 1. The summed E-state index contributed by atoms with van der Waals surface area (Å²) in [7, 11) is 0. The maximum absolute atomic E-state index is 13.8. The Morgan fingerprint density at radius 2 is 1.92 bits per heavy atom. The van der Waals surface area contributed by atoms with Crippen LogP contribution in [0.2, 0.25) is 0 Å². The van der Waals surface area contributed by atoms with Crippen molar-refractivity contribution in [1.29, 1.82) is 0 Å². The first-order valence-corrected chi connectivity index (χ1v) is 12.3. The number of rotatable bonds is 6. The molecule has 186 valence electrons. The Morgan fingerprint density at radius 3 is 2.69 bits per heavy atom. The van der Waals surface area contributed by atoms with Gasteiger partial charge in [0.05, 0.1) is 53.8 Å². The SMILES string of the molecule is Cc1ccc(-n2nccn2)c(C(=O)N2CCCC[C@H]2Cn2cc(-c3cccc(C(C)(C)O)n3)cn2)c1. The van der Waals surface area contributed by atoms with Crippen LogP contribution in [0, 0.1) is 6.92 Å². The maximum atomic E-state index is 13.8. The van der Waals surface area contributed by atoms with Crippen LogP contribution in [0.25, 0.3) is 16.9 Å². The largest absolute Gasteiger partial charge is 0.384 e. The molecule has 3 aromatic heterocycles. The van der Waals surface area contributed by atoms with E-state index in [2.05, 4.69) is 20.3 Å². The van der Waals surface area contributed by atoms with Crippen molar-refractivity contribution in [3.63, 3.8) is 0 Å². The third-order valence-corrected chi connectivity index (χ3v) is 6.61. The highest BCUT2D eigenvalue weighted by Crippen LogP contribution is 2.26. The molecule has 4 aromatic rings. The van der Waals surface area contributed by atoms with Crippen molar-refractivity contribution >= 4 is 5.91 Å². The number of nitrogens with zero attached hydrogens (tertiary/aromatic N) is 7. The van der Waals surface area contributed by atoms with E-state index in [1.54, 1.807) is 32.4 Å². The van der Waals surface area contributed by atoms with Crippen LogP contribution in [0.4, 0.5) is 0 Å². The monoisotopic (exact) mass is 485 g/mol. The standard InChI is InChI=1S/C27H31N7O2/c1-19-10-11-24(34-28-12-13-29-34)22(15-19)26(35)33-14-5-4-7-21(33)18-32-17-20(16-30-32)23-8-6-9-25(31-23)27(2,3)36/h6,8-13,15-17,21,36H,4-5,7,14,18H2,1-3H3/t21-/m0/s1. The first kappa shape index (κ1) is 23.9. The van der Waals surface area contributed by atoms with Gasteiger partial charge in [-0.2, -0.15) is 20.1 Å². The van der Waals surface area contributed by atoms with Crippen molar-refractivity contribution in [2.45, 2.75) is 58.2 Å². The number of aryl methyl sites for hydroxylation is 1. The lowest BCUT2D eigenvalue weighted by Crippen LogP contribution is -2.46. The number of amides is 1. The van der Waals surface area contributed by atoms with Crippen molar-refractivity contribution in [3.8, 4) is 16.9 Å². The Hall–Kier alpha value is -3.85. The molecule has 0 aliphatic carbocycles. The molecule has 5 rings (SSSR count). The lowest BCUT2D eigenvalue weighted by atomic mass is 9.99. The summed E-state index contributed by atoms with van der Waals surface area (Å²) < 4.78 is 1.89. The molecule has 1 aliphatic rings. The van der Waals surface area contributed by atoms with Gasteiger partial charge in [-0.25, -0.2) is 4.98 Å². The summed E-state index contributed by atoms with van der Waals surface area (Å²) in [5.74, 6) is -0.0115. The van der Waals surface area contributed by atoms with Gasteiger partial charge in [-0.1, -0.05) is 17.7 Å². The smallest absolute Gasteiger partial charge is 0.256 e. The van der Waals surface area contributed by atoms with Crippen molar-refractivity contribution in [2.24, 2.45) is 0 Å². The topological polar surface area (TPSA) is 102 Å². The highest BCUT2D eigenvalue weighted by Gasteiger charge is 2.30. The molecular formula is C27H31N7O2. The van der Waals surface area contributed by atoms with Crippen LogP contribution < -0.4 is 0 Å². The highest BCUT2D eigenvalue weighted by molar-refractivity contribution is 5.98. The fourth-order valence-corrected chi connectivity index (χ4v) is 4.70. The Kier molecular flexibility index (Phi) is 6.40. The van der Waals surface area contributed by atoms with Gasteiger partial charge in [0.1, 0.15) is 5.60 Å². The zero-order chi connectivity index (χ0) is 25.3. The molecule has 1 saturated heterocycles. The van der Waals surface area contributed by atoms with E-state index in [9.17, 15) is 9.90 Å². The third kappa shape index (κ3) is 4.92. The molecule has 4 heterocycles. The van der Waals surface area contributed by atoms with Gasteiger partial charge in [-0.3, -0.25) is 9.48 Å². The number of piperidine rings is 1. The van der Waals surface area contributed by atoms with E-state index < -0.39 is 5.60 Å². The van der Waals surface area contributed by atoms with Gasteiger partial charge < -0.3 is 10.0 Å². The number of carbonyl (C=O) groups excluding carboxylic acids is 1. The summed E-state index contributed by atoms with van der Waals surface area (Å²) in [5, 5.41) is 23.4. The summed E-state index contributed by atoms with van der Waals surface area (Å²) in [6, 6.07) is 11.4. The van der Waals surface area contributed by atoms with Gasteiger partial charge in [-0.05, 0) is 64.3 Å². The van der Waals surface area contributed by atoms with Crippen molar-refractivity contribution in [1.82, 2.24) is 34.7 Å². The molecule has 1 N–H and O–H groups in total. The predicted molar refractivity (Wildman–Crippen MR) is 135 cm³/mol. The molecule has 0 radical (unpaired) electrons. The fraction of sp³-hybridized carbons (Fsp3) is 0.370. The molecule has 0 unspecified atom stereocenters. The number of likely N-dealkylation sites (tertiary alicyclic amines) is 1. The van der Waals surface area contributed by atoms with Crippen LogP contribution in [0.15, 0.2) is 61.2 Å². The van der Waals surface area contributed by atoms with Crippen molar-refractivity contribution in [3.05, 3.63) is 78.0 Å². The van der Waals surface area contributed by atoms with Gasteiger partial charge in [0.15, 0.2) is 0 Å². The first-order chi connectivity index (χ1) is 17.3.